The molecule has 3 aromatic carbocycles. The number of nitro benzene ring substituents is 1. The van der Waals surface area contributed by atoms with Gasteiger partial charge in [-0.05, 0) is 41.5 Å². The Bertz CT molecular complexity index is 1090. The van der Waals surface area contributed by atoms with E-state index in [4.69, 9.17) is 4.74 Å². The summed E-state index contributed by atoms with van der Waals surface area (Å²) in [7, 11) is 0. The number of anilines is 1. The maximum atomic E-state index is 12.6. The van der Waals surface area contributed by atoms with E-state index >= 15 is 0 Å². The minimum atomic E-state index is -0.503. The molecule has 0 saturated heterocycles. The van der Waals surface area contributed by atoms with E-state index in [1.807, 2.05) is 30.3 Å². The topological polar surface area (TPSA) is 98.5 Å². The maximum Gasteiger partial charge on any atom is 0.339 e. The Morgan fingerprint density at radius 2 is 1.76 bits per heavy atom. The van der Waals surface area contributed by atoms with E-state index in [9.17, 15) is 19.7 Å². The summed E-state index contributed by atoms with van der Waals surface area (Å²) in [4.78, 5) is 35.2. The zero-order valence-electron chi connectivity index (χ0n) is 15.2. The smallest absolute Gasteiger partial charge is 0.339 e. The second-order valence-corrected chi connectivity index (χ2v) is 6.64. The summed E-state index contributed by atoms with van der Waals surface area (Å²) in [5.74, 6) is -0.778. The lowest BCUT2D eigenvalue weighted by atomic mass is 9.93. The van der Waals surface area contributed by atoms with Crippen molar-refractivity contribution in [2.45, 2.75) is 12.5 Å². The predicted octanol–water partition coefficient (Wildman–Crippen LogP) is 4.30. The summed E-state index contributed by atoms with van der Waals surface area (Å²) in [5.41, 5.74) is 2.87. The van der Waals surface area contributed by atoms with Crippen LogP contribution in [0.1, 0.15) is 37.9 Å². The first-order valence-corrected chi connectivity index (χ1v) is 8.96. The van der Waals surface area contributed by atoms with Crippen molar-refractivity contribution in [2.24, 2.45) is 0 Å². The molecule has 4 rings (SSSR count). The average Bonchev–Trinajstić information content (AvgIpc) is 2.74. The van der Waals surface area contributed by atoms with Crippen LogP contribution in [-0.4, -0.2) is 16.8 Å². The normalized spacial score (nSPS) is 15.2. The van der Waals surface area contributed by atoms with Crippen molar-refractivity contribution in [3.8, 4) is 0 Å². The molecule has 7 nitrogen and oxygen atoms in total. The molecule has 0 fully saturated rings. The molecule has 1 aliphatic rings. The van der Waals surface area contributed by atoms with Gasteiger partial charge in [-0.25, -0.2) is 4.79 Å². The van der Waals surface area contributed by atoms with E-state index in [1.54, 1.807) is 18.2 Å². The highest BCUT2D eigenvalue weighted by molar-refractivity contribution is 6.05. The van der Waals surface area contributed by atoms with Gasteiger partial charge in [-0.15, -0.1) is 0 Å². The highest BCUT2D eigenvalue weighted by atomic mass is 16.6. The van der Waals surface area contributed by atoms with Crippen LogP contribution in [0, 0.1) is 10.1 Å². The average molecular weight is 388 g/mol. The minimum Gasteiger partial charge on any atom is -0.454 e. The van der Waals surface area contributed by atoms with Gasteiger partial charge in [-0.2, -0.15) is 0 Å². The van der Waals surface area contributed by atoms with Crippen LogP contribution in [0.4, 0.5) is 11.4 Å². The first-order chi connectivity index (χ1) is 14.0. The van der Waals surface area contributed by atoms with Gasteiger partial charge in [0.2, 0.25) is 0 Å². The van der Waals surface area contributed by atoms with E-state index in [2.05, 4.69) is 5.32 Å². The van der Waals surface area contributed by atoms with Gasteiger partial charge in [0, 0.05) is 29.8 Å². The lowest BCUT2D eigenvalue weighted by Gasteiger charge is -2.25. The second-order valence-electron chi connectivity index (χ2n) is 6.64. The standard InChI is InChI=1S/C22H16N2O5/c25-21(23-17-7-9-18(10-8-17)24(27)28)15-6-11-19-16(12-15)13-20(29-22(19)26)14-4-2-1-3-5-14/h1-12,20H,13H2,(H,23,25)/t20-/m1/s1. The molecular weight excluding hydrogens is 372 g/mol. The van der Waals surface area contributed by atoms with Crippen molar-refractivity contribution in [1.29, 1.82) is 0 Å². The molecule has 1 atom stereocenters. The van der Waals surface area contributed by atoms with E-state index in [0.29, 0.717) is 23.2 Å². The number of amides is 1. The molecule has 0 unspecified atom stereocenters. The second kappa shape index (κ2) is 7.55. The molecule has 0 bridgehead atoms. The molecule has 1 N–H and O–H groups in total. The minimum absolute atomic E-state index is 0.0535. The van der Waals surface area contributed by atoms with Crippen LogP contribution in [-0.2, 0) is 11.2 Å². The highest BCUT2D eigenvalue weighted by Crippen LogP contribution is 2.31. The number of carbonyl (C=O) groups excluding carboxylic acids is 2. The highest BCUT2D eigenvalue weighted by Gasteiger charge is 2.28. The molecule has 29 heavy (non-hydrogen) atoms. The number of nitro groups is 1. The molecule has 0 aromatic heterocycles. The molecule has 1 heterocycles. The van der Waals surface area contributed by atoms with Gasteiger partial charge in [0.05, 0.1) is 10.5 Å². The lowest BCUT2D eigenvalue weighted by molar-refractivity contribution is -0.384. The fraction of sp³-hybridized carbons (Fsp3) is 0.0909. The van der Waals surface area contributed by atoms with Gasteiger partial charge in [-0.3, -0.25) is 14.9 Å². The molecule has 0 radical (unpaired) electrons. The van der Waals surface area contributed by atoms with Crippen molar-refractivity contribution in [2.75, 3.05) is 5.32 Å². The Morgan fingerprint density at radius 3 is 2.45 bits per heavy atom. The predicted molar refractivity (Wildman–Crippen MR) is 106 cm³/mol. The molecule has 0 saturated carbocycles. The van der Waals surface area contributed by atoms with Crippen LogP contribution in [0.2, 0.25) is 0 Å². The maximum absolute atomic E-state index is 12.6. The Kier molecular flexibility index (Phi) is 4.78. The molecule has 1 aliphatic heterocycles. The van der Waals surface area contributed by atoms with Crippen LogP contribution in [0.15, 0.2) is 72.8 Å². The molecule has 3 aromatic rings. The number of hydrogen-bond donors (Lipinski definition) is 1. The first-order valence-electron chi connectivity index (χ1n) is 8.96. The summed E-state index contributed by atoms with van der Waals surface area (Å²) < 4.78 is 5.53. The number of nitrogens with one attached hydrogen (secondary N) is 1. The van der Waals surface area contributed by atoms with Gasteiger partial charge >= 0.3 is 5.97 Å². The Balaban J connectivity index is 1.55. The Morgan fingerprint density at radius 1 is 1.03 bits per heavy atom. The Hall–Kier alpha value is -4.00. The molecule has 0 aliphatic carbocycles. The van der Waals surface area contributed by atoms with Crippen molar-refractivity contribution in [3.05, 3.63) is 105 Å². The van der Waals surface area contributed by atoms with Gasteiger partial charge < -0.3 is 10.1 Å². The fourth-order valence-corrected chi connectivity index (χ4v) is 3.26. The molecule has 7 heteroatoms. The van der Waals surface area contributed by atoms with Gasteiger partial charge in [-0.1, -0.05) is 30.3 Å². The number of esters is 1. The third-order valence-corrected chi connectivity index (χ3v) is 4.75. The van der Waals surface area contributed by atoms with E-state index < -0.39 is 17.0 Å². The number of carbonyl (C=O) groups is 2. The largest absolute Gasteiger partial charge is 0.454 e. The first kappa shape index (κ1) is 18.4. The lowest BCUT2D eigenvalue weighted by Crippen LogP contribution is -2.23. The molecule has 144 valence electrons. The number of hydrogen-bond acceptors (Lipinski definition) is 5. The molecule has 1 amide bonds. The van der Waals surface area contributed by atoms with E-state index in [-0.39, 0.29) is 11.6 Å². The monoisotopic (exact) mass is 388 g/mol. The van der Waals surface area contributed by atoms with Crippen LogP contribution >= 0.6 is 0 Å². The quantitative estimate of drug-likeness (QED) is 0.408. The zero-order chi connectivity index (χ0) is 20.4. The SMILES string of the molecule is O=C(Nc1ccc([N+](=O)[O-])cc1)c1ccc2c(c1)C[C@H](c1ccccc1)OC2=O. The summed E-state index contributed by atoms with van der Waals surface area (Å²) in [6.07, 6.45) is 0.0770. The fourth-order valence-electron chi connectivity index (χ4n) is 3.26. The van der Waals surface area contributed by atoms with Gasteiger partial charge in [0.15, 0.2) is 0 Å². The summed E-state index contributed by atoms with van der Waals surface area (Å²) >= 11 is 0. The van der Waals surface area contributed by atoms with E-state index in [0.717, 1.165) is 11.1 Å². The summed E-state index contributed by atoms with van der Waals surface area (Å²) in [5, 5.41) is 13.4. The van der Waals surface area contributed by atoms with Crippen molar-refractivity contribution >= 4 is 23.3 Å². The number of rotatable bonds is 4. The van der Waals surface area contributed by atoms with Crippen LogP contribution < -0.4 is 5.32 Å². The Labute approximate surface area is 166 Å². The molecular formula is C22H16N2O5. The van der Waals surface area contributed by atoms with Crippen molar-refractivity contribution in [3.63, 3.8) is 0 Å². The van der Waals surface area contributed by atoms with Crippen LogP contribution in [0.25, 0.3) is 0 Å². The number of benzene rings is 3. The van der Waals surface area contributed by atoms with Crippen LogP contribution in [0.5, 0.6) is 0 Å². The number of cyclic esters (lactones) is 1. The third-order valence-electron chi connectivity index (χ3n) is 4.75. The number of ether oxygens (including phenoxy) is 1. The summed E-state index contributed by atoms with van der Waals surface area (Å²) in [6.45, 7) is 0. The zero-order valence-corrected chi connectivity index (χ0v) is 15.2. The van der Waals surface area contributed by atoms with Gasteiger partial charge in [0.1, 0.15) is 6.10 Å². The number of non-ortho nitro benzene ring substituents is 1. The van der Waals surface area contributed by atoms with Gasteiger partial charge in [0.25, 0.3) is 11.6 Å². The third kappa shape index (κ3) is 3.84. The number of nitrogens with zero attached hydrogens (tertiary/aromatic N) is 1. The summed E-state index contributed by atoms with van der Waals surface area (Å²) in [6, 6.07) is 19.9. The molecule has 0 spiro atoms. The van der Waals surface area contributed by atoms with E-state index in [1.165, 1.54) is 24.3 Å². The van der Waals surface area contributed by atoms with Crippen LogP contribution in [0.3, 0.4) is 0 Å². The van der Waals surface area contributed by atoms with Crippen molar-refractivity contribution in [1.82, 2.24) is 0 Å². The number of fused-ring (bicyclic) bond motifs is 1. The van der Waals surface area contributed by atoms with Crippen molar-refractivity contribution < 1.29 is 19.2 Å².